The zero-order valence-electron chi connectivity index (χ0n) is 10.4. The fourth-order valence-electron chi connectivity index (χ4n) is 2.09. The highest BCUT2D eigenvalue weighted by molar-refractivity contribution is 7.20. The molecule has 96 valence electrons. The minimum atomic E-state index is -0.431. The van der Waals surface area contributed by atoms with Crippen molar-refractivity contribution < 1.29 is 9.21 Å². The number of amides is 1. The van der Waals surface area contributed by atoms with Gasteiger partial charge in [-0.2, -0.15) is 0 Å². The molecule has 3 aromatic heterocycles. The summed E-state index contributed by atoms with van der Waals surface area (Å²) < 4.78 is 5.30. The molecule has 0 aliphatic heterocycles. The van der Waals surface area contributed by atoms with Gasteiger partial charge >= 0.3 is 0 Å². The van der Waals surface area contributed by atoms with Gasteiger partial charge in [-0.25, -0.2) is 9.97 Å². The molecule has 0 spiro atoms. The fourth-order valence-corrected chi connectivity index (χ4v) is 3.17. The largest absolute Gasteiger partial charge is 0.461 e. The van der Waals surface area contributed by atoms with Gasteiger partial charge in [-0.15, -0.1) is 11.3 Å². The van der Waals surface area contributed by atoms with Crippen molar-refractivity contribution in [2.45, 2.75) is 13.8 Å². The number of carbonyl (C=O) groups excluding carboxylic acids is 1. The standard InChI is InChI=1S/C13H11N3O2S/c1-6-9-7(2)15-12(8-4-3-5-18-8)16-13(9)19-10(6)11(14)17/h3-5H,1-2H3,(H2,14,17). The van der Waals surface area contributed by atoms with Crippen molar-refractivity contribution in [3.05, 3.63) is 34.5 Å². The predicted octanol–water partition coefficient (Wildman–Crippen LogP) is 2.67. The van der Waals surface area contributed by atoms with E-state index < -0.39 is 5.91 Å². The monoisotopic (exact) mass is 273 g/mol. The summed E-state index contributed by atoms with van der Waals surface area (Å²) >= 11 is 1.29. The molecule has 0 aliphatic rings. The second-order valence-electron chi connectivity index (χ2n) is 4.21. The van der Waals surface area contributed by atoms with Crippen LogP contribution in [0.4, 0.5) is 0 Å². The molecule has 0 unspecified atom stereocenters. The smallest absolute Gasteiger partial charge is 0.259 e. The lowest BCUT2D eigenvalue weighted by Crippen LogP contribution is -2.09. The van der Waals surface area contributed by atoms with Crippen LogP contribution >= 0.6 is 11.3 Å². The van der Waals surface area contributed by atoms with E-state index in [0.717, 1.165) is 21.5 Å². The molecule has 3 heterocycles. The number of fused-ring (bicyclic) bond motifs is 1. The van der Waals surface area contributed by atoms with Crippen LogP contribution in [-0.2, 0) is 0 Å². The van der Waals surface area contributed by atoms with Crippen LogP contribution in [0.1, 0.15) is 20.9 Å². The van der Waals surface area contributed by atoms with Crippen molar-refractivity contribution in [1.29, 1.82) is 0 Å². The Bertz CT molecular complexity index is 775. The van der Waals surface area contributed by atoms with Crippen LogP contribution in [-0.4, -0.2) is 15.9 Å². The maximum atomic E-state index is 11.4. The molecule has 0 bridgehead atoms. The fraction of sp³-hybridized carbons (Fsp3) is 0.154. The molecule has 0 saturated carbocycles. The van der Waals surface area contributed by atoms with Crippen molar-refractivity contribution >= 4 is 27.5 Å². The molecule has 0 saturated heterocycles. The molecule has 0 aliphatic carbocycles. The Balaban J connectivity index is 2.30. The number of hydrogen-bond donors (Lipinski definition) is 1. The number of rotatable bonds is 2. The van der Waals surface area contributed by atoms with E-state index in [1.54, 1.807) is 18.4 Å². The predicted molar refractivity (Wildman–Crippen MR) is 73.1 cm³/mol. The van der Waals surface area contributed by atoms with E-state index in [-0.39, 0.29) is 0 Å². The average Bonchev–Trinajstić information content (AvgIpc) is 2.96. The van der Waals surface area contributed by atoms with Gasteiger partial charge in [-0.3, -0.25) is 4.79 Å². The first-order chi connectivity index (χ1) is 9.08. The second kappa shape index (κ2) is 4.17. The maximum absolute atomic E-state index is 11.4. The molecule has 6 heteroatoms. The van der Waals surface area contributed by atoms with Gasteiger partial charge in [0.1, 0.15) is 4.83 Å². The summed E-state index contributed by atoms with van der Waals surface area (Å²) in [6, 6.07) is 3.59. The zero-order valence-corrected chi connectivity index (χ0v) is 11.2. The van der Waals surface area contributed by atoms with Crippen molar-refractivity contribution in [3.63, 3.8) is 0 Å². The summed E-state index contributed by atoms with van der Waals surface area (Å²) in [6.45, 7) is 3.75. The van der Waals surface area contributed by atoms with Gasteiger partial charge < -0.3 is 10.2 Å². The topological polar surface area (TPSA) is 82.0 Å². The summed E-state index contributed by atoms with van der Waals surface area (Å²) in [7, 11) is 0. The molecule has 0 fully saturated rings. The Labute approximate surface area is 113 Å². The number of thiophene rings is 1. The Morgan fingerprint density at radius 1 is 1.37 bits per heavy atom. The Morgan fingerprint density at radius 3 is 2.79 bits per heavy atom. The molecule has 19 heavy (non-hydrogen) atoms. The normalized spacial score (nSPS) is 11.1. The van der Waals surface area contributed by atoms with Crippen LogP contribution < -0.4 is 5.73 Å². The molecule has 1 amide bonds. The lowest BCUT2D eigenvalue weighted by molar-refractivity contribution is 0.100. The number of primary amides is 1. The van der Waals surface area contributed by atoms with E-state index in [1.807, 2.05) is 13.8 Å². The first-order valence-electron chi connectivity index (χ1n) is 5.69. The number of aromatic nitrogens is 2. The number of hydrogen-bond acceptors (Lipinski definition) is 5. The third kappa shape index (κ3) is 1.80. The number of furan rings is 1. The molecule has 3 aromatic rings. The van der Waals surface area contributed by atoms with Gasteiger partial charge in [-0.05, 0) is 31.5 Å². The molecule has 0 aromatic carbocycles. The third-order valence-electron chi connectivity index (χ3n) is 2.94. The summed E-state index contributed by atoms with van der Waals surface area (Å²) in [5, 5.41) is 0.897. The Kier molecular flexibility index (Phi) is 2.60. The third-order valence-corrected chi connectivity index (χ3v) is 4.14. The van der Waals surface area contributed by atoms with Crippen LogP contribution in [0.5, 0.6) is 0 Å². The van der Waals surface area contributed by atoms with Crippen LogP contribution in [0.3, 0.4) is 0 Å². The lowest BCUT2D eigenvalue weighted by Gasteiger charge is -2.00. The Hall–Kier alpha value is -2.21. The van der Waals surface area contributed by atoms with Crippen LogP contribution in [0.15, 0.2) is 22.8 Å². The summed E-state index contributed by atoms with van der Waals surface area (Å²) in [4.78, 5) is 21.5. The van der Waals surface area contributed by atoms with Crippen LogP contribution in [0.25, 0.3) is 21.8 Å². The number of nitrogens with zero attached hydrogens (tertiary/aromatic N) is 2. The molecule has 2 N–H and O–H groups in total. The minimum Gasteiger partial charge on any atom is -0.461 e. The summed E-state index contributed by atoms with van der Waals surface area (Å²) in [6.07, 6.45) is 1.58. The highest BCUT2D eigenvalue weighted by atomic mass is 32.1. The second-order valence-corrected chi connectivity index (χ2v) is 5.21. The molecule has 0 atom stereocenters. The molecule has 5 nitrogen and oxygen atoms in total. The lowest BCUT2D eigenvalue weighted by atomic mass is 10.1. The SMILES string of the molecule is Cc1nc(-c2ccco2)nc2sc(C(N)=O)c(C)c12. The molecule has 0 radical (unpaired) electrons. The van der Waals surface area contributed by atoms with Gasteiger partial charge in [0.25, 0.3) is 5.91 Å². The van der Waals surface area contributed by atoms with Gasteiger partial charge in [0, 0.05) is 5.39 Å². The van der Waals surface area contributed by atoms with Gasteiger partial charge in [-0.1, -0.05) is 0 Å². The number of nitrogens with two attached hydrogens (primary N) is 1. The highest BCUT2D eigenvalue weighted by Crippen LogP contribution is 2.32. The van der Waals surface area contributed by atoms with Crippen LogP contribution in [0, 0.1) is 13.8 Å². The van der Waals surface area contributed by atoms with Crippen molar-refractivity contribution in [2.24, 2.45) is 5.73 Å². The first kappa shape index (κ1) is 11.9. The zero-order chi connectivity index (χ0) is 13.6. The Morgan fingerprint density at radius 2 is 2.16 bits per heavy atom. The number of carbonyl (C=O) groups is 1. The van der Waals surface area contributed by atoms with E-state index in [1.165, 1.54) is 11.3 Å². The van der Waals surface area contributed by atoms with Gasteiger partial charge in [0.05, 0.1) is 16.8 Å². The van der Waals surface area contributed by atoms with E-state index in [0.29, 0.717) is 16.5 Å². The van der Waals surface area contributed by atoms with Crippen molar-refractivity contribution in [1.82, 2.24) is 9.97 Å². The maximum Gasteiger partial charge on any atom is 0.259 e. The van der Waals surface area contributed by atoms with E-state index in [9.17, 15) is 4.79 Å². The highest BCUT2D eigenvalue weighted by Gasteiger charge is 2.18. The summed E-state index contributed by atoms with van der Waals surface area (Å²) in [5.41, 5.74) is 7.03. The van der Waals surface area contributed by atoms with E-state index >= 15 is 0 Å². The van der Waals surface area contributed by atoms with E-state index in [4.69, 9.17) is 10.2 Å². The molecule has 3 rings (SSSR count). The quantitative estimate of drug-likeness (QED) is 0.778. The first-order valence-corrected chi connectivity index (χ1v) is 6.51. The van der Waals surface area contributed by atoms with Crippen LogP contribution in [0.2, 0.25) is 0 Å². The van der Waals surface area contributed by atoms with E-state index in [2.05, 4.69) is 9.97 Å². The van der Waals surface area contributed by atoms with Crippen molar-refractivity contribution in [2.75, 3.05) is 0 Å². The molecular formula is C13H11N3O2S. The average molecular weight is 273 g/mol. The molecular weight excluding hydrogens is 262 g/mol. The number of aryl methyl sites for hydroxylation is 2. The van der Waals surface area contributed by atoms with Gasteiger partial charge in [0.2, 0.25) is 0 Å². The van der Waals surface area contributed by atoms with Crippen molar-refractivity contribution in [3.8, 4) is 11.6 Å². The summed E-state index contributed by atoms with van der Waals surface area (Å²) in [5.74, 6) is 0.698. The van der Waals surface area contributed by atoms with Gasteiger partial charge in [0.15, 0.2) is 11.6 Å². The minimum absolute atomic E-state index is 0.431.